The molecule has 0 spiro atoms. The number of hydrogen-bond donors (Lipinski definition) is 1. The van der Waals surface area contributed by atoms with Crippen LogP contribution in [0.1, 0.15) is 25.6 Å². The summed E-state index contributed by atoms with van der Waals surface area (Å²) in [5, 5.41) is 3.84. The maximum absolute atomic E-state index is 12.3. The Balaban J connectivity index is 1.74. The summed E-state index contributed by atoms with van der Waals surface area (Å²) in [7, 11) is 1.82. The van der Waals surface area contributed by atoms with Gasteiger partial charge >= 0.3 is 0 Å². The van der Waals surface area contributed by atoms with Gasteiger partial charge in [-0.05, 0) is 39.0 Å². The lowest BCUT2D eigenvalue weighted by atomic mass is 10.2. The van der Waals surface area contributed by atoms with Gasteiger partial charge in [-0.2, -0.15) is 0 Å². The first kappa shape index (κ1) is 17.8. The lowest BCUT2D eigenvalue weighted by Gasteiger charge is -2.12. The van der Waals surface area contributed by atoms with Gasteiger partial charge in [0.1, 0.15) is 0 Å². The molecule has 0 bridgehead atoms. The Bertz CT molecular complexity index is 1010. The maximum Gasteiger partial charge on any atom is 0.262 e. The van der Waals surface area contributed by atoms with Crippen LogP contribution in [0.15, 0.2) is 47.5 Å². The van der Waals surface area contributed by atoms with Crippen LogP contribution in [-0.4, -0.2) is 21.6 Å². The van der Waals surface area contributed by atoms with Crippen LogP contribution in [0.3, 0.4) is 0 Å². The van der Waals surface area contributed by atoms with Crippen molar-refractivity contribution in [3.8, 4) is 5.75 Å². The van der Waals surface area contributed by atoms with Crippen LogP contribution in [0.25, 0.3) is 10.9 Å². The third-order valence-electron chi connectivity index (χ3n) is 4.40. The fourth-order valence-electron chi connectivity index (χ4n) is 2.89. The Hall–Kier alpha value is -3.02. The molecule has 0 aliphatic heterocycles. The zero-order valence-corrected chi connectivity index (χ0v) is 15.4. The molecule has 0 aliphatic rings. The van der Waals surface area contributed by atoms with Crippen molar-refractivity contribution < 1.29 is 9.53 Å². The molecule has 6 nitrogen and oxygen atoms in total. The van der Waals surface area contributed by atoms with Gasteiger partial charge in [0.15, 0.2) is 12.4 Å². The van der Waals surface area contributed by atoms with Crippen LogP contribution < -0.4 is 15.5 Å². The van der Waals surface area contributed by atoms with Crippen molar-refractivity contribution in [2.24, 2.45) is 7.05 Å². The average Bonchev–Trinajstić information content (AvgIpc) is 3.02. The van der Waals surface area contributed by atoms with Gasteiger partial charge in [0.2, 0.25) is 5.43 Å². The standard InChI is InChI=1S/C20H23N3O3/c1-13(2)23-9-8-15-16(6-5-7-17(15)23)21-20(25)12-26-19-11-22(4)14(3)10-18(19)24/h5-11,13H,12H2,1-4H3,(H,21,25). The van der Waals surface area contributed by atoms with Crippen molar-refractivity contribution in [2.45, 2.75) is 26.8 Å². The lowest BCUT2D eigenvalue weighted by Crippen LogP contribution is -2.22. The van der Waals surface area contributed by atoms with Gasteiger partial charge in [-0.15, -0.1) is 0 Å². The monoisotopic (exact) mass is 353 g/mol. The number of aryl methyl sites for hydroxylation is 2. The molecule has 1 aromatic carbocycles. The van der Waals surface area contributed by atoms with Crippen molar-refractivity contribution in [3.63, 3.8) is 0 Å². The molecule has 0 atom stereocenters. The number of fused-ring (bicyclic) bond motifs is 1. The summed E-state index contributed by atoms with van der Waals surface area (Å²) in [6.45, 7) is 5.84. The third kappa shape index (κ3) is 3.49. The molecular formula is C20H23N3O3. The number of rotatable bonds is 5. The topological polar surface area (TPSA) is 65.3 Å². The number of nitrogens with one attached hydrogen (secondary N) is 1. The Kier molecular flexibility index (Phi) is 4.84. The Morgan fingerprint density at radius 2 is 2.04 bits per heavy atom. The number of ether oxygens (including phenoxy) is 1. The van der Waals surface area contributed by atoms with Gasteiger partial charge < -0.3 is 19.2 Å². The first-order chi connectivity index (χ1) is 12.4. The number of aromatic nitrogens is 2. The smallest absolute Gasteiger partial charge is 0.262 e. The number of amides is 1. The second-order valence-electron chi connectivity index (χ2n) is 6.65. The summed E-state index contributed by atoms with van der Waals surface area (Å²) in [5.41, 5.74) is 2.39. The number of carbonyl (C=O) groups is 1. The van der Waals surface area contributed by atoms with E-state index >= 15 is 0 Å². The predicted molar refractivity (Wildman–Crippen MR) is 103 cm³/mol. The highest BCUT2D eigenvalue weighted by Crippen LogP contribution is 2.26. The summed E-state index contributed by atoms with van der Waals surface area (Å²) in [4.78, 5) is 24.2. The van der Waals surface area contributed by atoms with E-state index in [4.69, 9.17) is 4.74 Å². The molecule has 0 unspecified atom stereocenters. The van der Waals surface area contributed by atoms with E-state index in [-0.39, 0.29) is 23.7 Å². The molecule has 3 aromatic rings. The minimum absolute atomic E-state index is 0.164. The fraction of sp³-hybridized carbons (Fsp3) is 0.300. The third-order valence-corrected chi connectivity index (χ3v) is 4.40. The van der Waals surface area contributed by atoms with Crippen LogP contribution in [0.5, 0.6) is 5.75 Å². The molecule has 1 N–H and O–H groups in total. The van der Waals surface area contributed by atoms with Gasteiger partial charge in [0.25, 0.3) is 5.91 Å². The van der Waals surface area contributed by atoms with Gasteiger partial charge in [0, 0.05) is 42.6 Å². The molecule has 0 fully saturated rings. The predicted octanol–water partition coefficient (Wildman–Crippen LogP) is 3.25. The number of carbonyl (C=O) groups excluding carboxylic acids is 1. The minimum Gasteiger partial charge on any atom is -0.478 e. The summed E-state index contributed by atoms with van der Waals surface area (Å²) in [6, 6.07) is 9.60. The van der Waals surface area contributed by atoms with Crippen LogP contribution >= 0.6 is 0 Å². The van der Waals surface area contributed by atoms with Crippen LogP contribution in [0.4, 0.5) is 5.69 Å². The first-order valence-corrected chi connectivity index (χ1v) is 8.56. The molecule has 0 radical (unpaired) electrons. The first-order valence-electron chi connectivity index (χ1n) is 8.56. The van der Waals surface area contributed by atoms with Crippen molar-refractivity contribution >= 4 is 22.5 Å². The lowest BCUT2D eigenvalue weighted by molar-refractivity contribution is -0.118. The molecule has 0 aliphatic carbocycles. The number of nitrogens with zero attached hydrogens (tertiary/aromatic N) is 2. The number of benzene rings is 1. The van der Waals surface area contributed by atoms with E-state index in [2.05, 4.69) is 23.7 Å². The Morgan fingerprint density at radius 3 is 2.77 bits per heavy atom. The van der Waals surface area contributed by atoms with Crippen molar-refractivity contribution in [3.05, 3.63) is 58.6 Å². The zero-order chi connectivity index (χ0) is 18.8. The van der Waals surface area contributed by atoms with E-state index in [1.54, 1.807) is 10.8 Å². The number of pyridine rings is 1. The van der Waals surface area contributed by atoms with E-state index < -0.39 is 0 Å². The molecule has 26 heavy (non-hydrogen) atoms. The van der Waals surface area contributed by atoms with E-state index in [0.717, 1.165) is 22.3 Å². The quantitative estimate of drug-likeness (QED) is 0.766. The van der Waals surface area contributed by atoms with Crippen LogP contribution in [0, 0.1) is 6.92 Å². The highest BCUT2D eigenvalue weighted by molar-refractivity contribution is 6.02. The van der Waals surface area contributed by atoms with Gasteiger partial charge in [-0.25, -0.2) is 0 Å². The molecule has 3 rings (SSSR count). The molecule has 2 aromatic heterocycles. The summed E-state index contributed by atoms with van der Waals surface area (Å²) >= 11 is 0. The molecule has 0 saturated carbocycles. The van der Waals surface area contributed by atoms with Crippen LogP contribution in [-0.2, 0) is 11.8 Å². The highest BCUT2D eigenvalue weighted by atomic mass is 16.5. The van der Waals surface area contributed by atoms with E-state index in [0.29, 0.717) is 6.04 Å². The largest absolute Gasteiger partial charge is 0.478 e. The van der Waals surface area contributed by atoms with Crippen LogP contribution in [0.2, 0.25) is 0 Å². The molecule has 2 heterocycles. The van der Waals surface area contributed by atoms with Gasteiger partial charge in [-0.1, -0.05) is 6.07 Å². The average molecular weight is 353 g/mol. The normalized spacial score (nSPS) is 11.1. The summed E-state index contributed by atoms with van der Waals surface area (Å²) in [5.74, 6) is -0.144. The van der Waals surface area contributed by atoms with E-state index in [9.17, 15) is 9.59 Å². The zero-order valence-electron chi connectivity index (χ0n) is 15.4. The second kappa shape index (κ2) is 7.07. The Labute approximate surface area is 152 Å². The molecule has 1 amide bonds. The minimum atomic E-state index is -0.308. The van der Waals surface area contributed by atoms with Crippen molar-refractivity contribution in [1.29, 1.82) is 0 Å². The molecular weight excluding hydrogens is 330 g/mol. The highest BCUT2D eigenvalue weighted by Gasteiger charge is 2.11. The number of hydrogen-bond acceptors (Lipinski definition) is 3. The second-order valence-corrected chi connectivity index (χ2v) is 6.65. The molecule has 0 saturated heterocycles. The molecule has 6 heteroatoms. The summed E-state index contributed by atoms with van der Waals surface area (Å²) in [6.07, 6.45) is 3.60. The maximum atomic E-state index is 12.3. The summed E-state index contributed by atoms with van der Waals surface area (Å²) < 4.78 is 9.34. The van der Waals surface area contributed by atoms with Gasteiger partial charge in [0.05, 0.1) is 11.2 Å². The van der Waals surface area contributed by atoms with Gasteiger partial charge in [-0.3, -0.25) is 9.59 Å². The van der Waals surface area contributed by atoms with Crippen molar-refractivity contribution in [1.82, 2.24) is 9.13 Å². The fourth-order valence-corrected chi connectivity index (χ4v) is 2.89. The molecule has 136 valence electrons. The van der Waals surface area contributed by atoms with E-state index in [1.165, 1.54) is 6.07 Å². The SMILES string of the molecule is Cc1cc(=O)c(OCC(=O)Nc2cccc3c2ccn3C(C)C)cn1C. The van der Waals surface area contributed by atoms with E-state index in [1.807, 2.05) is 44.4 Å². The number of anilines is 1. The van der Waals surface area contributed by atoms with Crippen molar-refractivity contribution in [2.75, 3.05) is 11.9 Å². The Morgan fingerprint density at radius 1 is 1.27 bits per heavy atom.